The van der Waals surface area contributed by atoms with Gasteiger partial charge in [-0.1, -0.05) is 60.7 Å². The molecule has 7 heteroatoms. The molecule has 2 aromatic carbocycles. The number of nitrogens with zero attached hydrogens (tertiary/aromatic N) is 2. The first-order valence-corrected chi connectivity index (χ1v) is 8.79. The predicted octanol–water partition coefficient (Wildman–Crippen LogP) is 3.94. The maximum atomic E-state index is 11.9. The number of ether oxygens (including phenoxy) is 3. The quantitative estimate of drug-likeness (QED) is 0.581. The van der Waals surface area contributed by atoms with Gasteiger partial charge in [0.1, 0.15) is 6.61 Å². The first-order valence-electron chi connectivity index (χ1n) is 8.79. The Kier molecular flexibility index (Phi) is 6.42. The SMILES string of the molecule is COc1cc(OC)nc(OCc2cccc(/C=C/c3ccccc3)c2C(=O)O)n1. The van der Waals surface area contributed by atoms with Crippen molar-refractivity contribution < 1.29 is 24.1 Å². The van der Waals surface area contributed by atoms with Gasteiger partial charge in [-0.15, -0.1) is 0 Å². The molecule has 1 heterocycles. The van der Waals surface area contributed by atoms with Crippen LogP contribution < -0.4 is 14.2 Å². The number of aromatic carboxylic acids is 1. The van der Waals surface area contributed by atoms with Gasteiger partial charge in [0.25, 0.3) is 0 Å². The van der Waals surface area contributed by atoms with Gasteiger partial charge in [0.05, 0.1) is 25.8 Å². The smallest absolute Gasteiger partial charge is 0.336 e. The van der Waals surface area contributed by atoms with E-state index in [4.69, 9.17) is 14.2 Å². The lowest BCUT2D eigenvalue weighted by molar-refractivity contribution is 0.0693. The number of carboxylic acid groups (broad SMARTS) is 1. The summed E-state index contributed by atoms with van der Waals surface area (Å²) < 4.78 is 15.8. The van der Waals surface area contributed by atoms with Gasteiger partial charge >= 0.3 is 12.0 Å². The van der Waals surface area contributed by atoms with Crippen molar-refractivity contribution >= 4 is 18.1 Å². The van der Waals surface area contributed by atoms with Gasteiger partial charge in [-0.3, -0.25) is 0 Å². The molecule has 1 aromatic heterocycles. The largest absolute Gasteiger partial charge is 0.481 e. The number of hydrogen-bond acceptors (Lipinski definition) is 6. The van der Waals surface area contributed by atoms with Crippen molar-refractivity contribution in [3.8, 4) is 17.8 Å². The number of rotatable bonds is 8. The van der Waals surface area contributed by atoms with Crippen LogP contribution in [0.2, 0.25) is 0 Å². The minimum Gasteiger partial charge on any atom is -0.481 e. The zero-order valence-electron chi connectivity index (χ0n) is 16.0. The molecular weight excluding hydrogens is 372 g/mol. The summed E-state index contributed by atoms with van der Waals surface area (Å²) in [5.41, 5.74) is 2.21. The van der Waals surface area contributed by atoms with Crippen LogP contribution in [0.15, 0.2) is 54.6 Å². The lowest BCUT2D eigenvalue weighted by atomic mass is 10.0. The topological polar surface area (TPSA) is 90.8 Å². The molecule has 0 saturated heterocycles. The van der Waals surface area contributed by atoms with E-state index in [0.717, 1.165) is 5.56 Å². The summed E-state index contributed by atoms with van der Waals surface area (Å²) in [5, 5.41) is 9.74. The van der Waals surface area contributed by atoms with Gasteiger partial charge in [0.15, 0.2) is 0 Å². The highest BCUT2D eigenvalue weighted by Crippen LogP contribution is 2.22. The molecular formula is C22H20N2O5. The number of carbonyl (C=O) groups is 1. The Morgan fingerprint density at radius 1 is 0.966 bits per heavy atom. The molecule has 148 valence electrons. The fourth-order valence-electron chi connectivity index (χ4n) is 2.69. The van der Waals surface area contributed by atoms with Crippen molar-refractivity contribution in [2.24, 2.45) is 0 Å². The van der Waals surface area contributed by atoms with Crippen LogP contribution in [0.5, 0.6) is 17.8 Å². The summed E-state index contributed by atoms with van der Waals surface area (Å²) >= 11 is 0. The Balaban J connectivity index is 1.86. The second-order valence-electron chi connectivity index (χ2n) is 5.95. The molecule has 0 atom stereocenters. The average Bonchev–Trinajstić information content (AvgIpc) is 2.76. The van der Waals surface area contributed by atoms with E-state index in [2.05, 4.69) is 9.97 Å². The van der Waals surface area contributed by atoms with Crippen LogP contribution >= 0.6 is 0 Å². The third-order valence-corrected chi connectivity index (χ3v) is 4.09. The second kappa shape index (κ2) is 9.36. The van der Waals surface area contributed by atoms with Gasteiger partial charge in [-0.25, -0.2) is 4.79 Å². The highest BCUT2D eigenvalue weighted by Gasteiger charge is 2.15. The Labute approximate surface area is 168 Å². The van der Waals surface area contributed by atoms with Crippen LogP contribution in [-0.4, -0.2) is 35.3 Å². The van der Waals surface area contributed by atoms with Crippen LogP contribution in [0.3, 0.4) is 0 Å². The molecule has 3 rings (SSSR count). The highest BCUT2D eigenvalue weighted by atomic mass is 16.5. The molecule has 3 aromatic rings. The molecule has 0 unspecified atom stereocenters. The molecule has 0 aliphatic rings. The molecule has 0 fully saturated rings. The van der Waals surface area contributed by atoms with E-state index in [9.17, 15) is 9.90 Å². The second-order valence-corrected chi connectivity index (χ2v) is 5.95. The fourth-order valence-corrected chi connectivity index (χ4v) is 2.69. The van der Waals surface area contributed by atoms with Crippen molar-refractivity contribution in [3.05, 3.63) is 76.9 Å². The zero-order valence-corrected chi connectivity index (χ0v) is 16.0. The van der Waals surface area contributed by atoms with Crippen molar-refractivity contribution in [3.63, 3.8) is 0 Å². The Morgan fingerprint density at radius 2 is 1.66 bits per heavy atom. The van der Waals surface area contributed by atoms with E-state index >= 15 is 0 Å². The summed E-state index contributed by atoms with van der Waals surface area (Å²) in [5.74, 6) is -0.476. The van der Waals surface area contributed by atoms with Gasteiger partial charge in [0, 0.05) is 5.56 Å². The normalized spacial score (nSPS) is 10.7. The molecule has 0 saturated carbocycles. The summed E-state index contributed by atoms with van der Waals surface area (Å²) in [6, 6.07) is 16.4. The Bertz CT molecular complexity index is 997. The highest BCUT2D eigenvalue weighted by molar-refractivity contribution is 5.95. The van der Waals surface area contributed by atoms with Gasteiger partial charge in [0.2, 0.25) is 11.8 Å². The standard InChI is InChI=1S/C22H20N2O5/c1-27-18-13-19(28-2)24-22(23-18)29-14-17-10-6-9-16(20(17)21(25)26)12-11-15-7-4-3-5-8-15/h3-13H,14H2,1-2H3,(H,25,26)/b12-11+. The van der Waals surface area contributed by atoms with Crippen LogP contribution in [0.25, 0.3) is 12.2 Å². The Hall–Kier alpha value is -3.87. The van der Waals surface area contributed by atoms with Gasteiger partial charge in [-0.05, 0) is 11.1 Å². The van der Waals surface area contributed by atoms with Crippen LogP contribution in [0.4, 0.5) is 0 Å². The number of methoxy groups -OCH3 is 2. The van der Waals surface area contributed by atoms with Crippen molar-refractivity contribution in [1.82, 2.24) is 9.97 Å². The van der Waals surface area contributed by atoms with Gasteiger partial charge in [-0.2, -0.15) is 9.97 Å². The van der Waals surface area contributed by atoms with E-state index < -0.39 is 5.97 Å². The number of carboxylic acids is 1. The fraction of sp³-hybridized carbons (Fsp3) is 0.136. The Morgan fingerprint density at radius 3 is 2.28 bits per heavy atom. The third-order valence-electron chi connectivity index (χ3n) is 4.09. The summed E-state index contributed by atoms with van der Waals surface area (Å²) in [6.07, 6.45) is 3.63. The summed E-state index contributed by atoms with van der Waals surface area (Å²) in [6.45, 7) is -0.0228. The maximum Gasteiger partial charge on any atom is 0.336 e. The number of hydrogen-bond donors (Lipinski definition) is 1. The predicted molar refractivity (Wildman–Crippen MR) is 108 cm³/mol. The monoisotopic (exact) mass is 392 g/mol. The molecule has 0 aliphatic carbocycles. The van der Waals surface area contributed by atoms with Crippen molar-refractivity contribution in [1.29, 1.82) is 0 Å². The van der Waals surface area contributed by atoms with Gasteiger partial charge < -0.3 is 19.3 Å². The minimum atomic E-state index is -1.04. The first kappa shape index (κ1) is 19.9. The average molecular weight is 392 g/mol. The van der Waals surface area contributed by atoms with E-state index in [1.807, 2.05) is 36.4 Å². The molecule has 0 bridgehead atoms. The van der Waals surface area contributed by atoms with E-state index in [0.29, 0.717) is 11.1 Å². The zero-order chi connectivity index (χ0) is 20.6. The third kappa shape index (κ3) is 5.10. The lowest BCUT2D eigenvalue weighted by Gasteiger charge is -2.11. The summed E-state index contributed by atoms with van der Waals surface area (Å²) in [7, 11) is 2.94. The minimum absolute atomic E-state index is 0.0228. The van der Waals surface area contributed by atoms with Crippen LogP contribution in [-0.2, 0) is 6.61 Å². The molecule has 7 nitrogen and oxygen atoms in total. The number of aromatic nitrogens is 2. The lowest BCUT2D eigenvalue weighted by Crippen LogP contribution is -2.09. The van der Waals surface area contributed by atoms with E-state index in [-0.39, 0.29) is 29.9 Å². The molecule has 0 radical (unpaired) electrons. The molecule has 0 amide bonds. The molecule has 29 heavy (non-hydrogen) atoms. The van der Waals surface area contributed by atoms with E-state index in [1.165, 1.54) is 20.3 Å². The first-order chi connectivity index (χ1) is 14.1. The molecule has 0 aliphatic heterocycles. The summed E-state index contributed by atoms with van der Waals surface area (Å²) in [4.78, 5) is 20.1. The van der Waals surface area contributed by atoms with Crippen molar-refractivity contribution in [2.45, 2.75) is 6.61 Å². The van der Waals surface area contributed by atoms with Crippen LogP contribution in [0.1, 0.15) is 27.0 Å². The van der Waals surface area contributed by atoms with E-state index in [1.54, 1.807) is 24.3 Å². The molecule has 1 N–H and O–H groups in total. The van der Waals surface area contributed by atoms with Crippen molar-refractivity contribution in [2.75, 3.05) is 14.2 Å². The maximum absolute atomic E-state index is 11.9. The van der Waals surface area contributed by atoms with Crippen LogP contribution in [0, 0.1) is 0 Å². The molecule has 0 spiro atoms. The number of benzene rings is 2.